The van der Waals surface area contributed by atoms with E-state index in [0.29, 0.717) is 10.0 Å². The van der Waals surface area contributed by atoms with Gasteiger partial charge >= 0.3 is 5.97 Å². The average Bonchev–Trinajstić information content (AvgIpc) is 2.83. The van der Waals surface area contributed by atoms with E-state index in [1.807, 2.05) is 0 Å². The molecule has 0 bridgehead atoms. The minimum absolute atomic E-state index is 0.172. The van der Waals surface area contributed by atoms with Crippen LogP contribution in [0.3, 0.4) is 0 Å². The van der Waals surface area contributed by atoms with Crippen molar-refractivity contribution < 1.29 is 18.7 Å². The second-order valence-electron chi connectivity index (χ2n) is 3.97. The van der Waals surface area contributed by atoms with Gasteiger partial charge in [0, 0.05) is 16.2 Å². The topological polar surface area (TPSA) is 85.2 Å². The summed E-state index contributed by atoms with van der Waals surface area (Å²) in [7, 11) is 0. The van der Waals surface area contributed by atoms with Gasteiger partial charge in [-0.05, 0) is 34.1 Å². The van der Waals surface area contributed by atoms with Crippen molar-refractivity contribution in [3.63, 3.8) is 0 Å². The third kappa shape index (κ3) is 3.24. The predicted octanol–water partition coefficient (Wildman–Crippen LogP) is 2.30. The molecule has 1 aromatic heterocycles. The molecule has 2 rings (SSSR count). The summed E-state index contributed by atoms with van der Waals surface area (Å²) >= 11 is 3.18. The van der Waals surface area contributed by atoms with Gasteiger partial charge in [-0.2, -0.15) is 0 Å². The van der Waals surface area contributed by atoms with E-state index >= 15 is 0 Å². The number of H-pyrrole nitrogens is 1. The van der Waals surface area contributed by atoms with Gasteiger partial charge < -0.3 is 15.5 Å². The minimum Gasteiger partial charge on any atom is -0.443 e. The van der Waals surface area contributed by atoms with Crippen LogP contribution in [0.15, 0.2) is 41.0 Å². The molecule has 2 aromatic rings. The molecule has 0 radical (unpaired) electrons. The van der Waals surface area contributed by atoms with Crippen LogP contribution in [-0.2, 0) is 9.53 Å². The monoisotopic (exact) mass is 340 g/mol. The molecule has 0 fully saturated rings. The van der Waals surface area contributed by atoms with Crippen molar-refractivity contribution in [3.05, 3.63) is 58.1 Å². The van der Waals surface area contributed by atoms with Gasteiger partial charge in [0.1, 0.15) is 11.5 Å². The minimum atomic E-state index is -1.27. The van der Waals surface area contributed by atoms with Crippen molar-refractivity contribution in [2.45, 2.75) is 6.10 Å². The summed E-state index contributed by atoms with van der Waals surface area (Å²) < 4.78 is 18.6. The van der Waals surface area contributed by atoms with Crippen molar-refractivity contribution >= 4 is 27.8 Å². The highest BCUT2D eigenvalue weighted by molar-refractivity contribution is 9.10. The fourth-order valence-electron chi connectivity index (χ4n) is 1.58. The van der Waals surface area contributed by atoms with Crippen molar-refractivity contribution in [1.29, 1.82) is 0 Å². The van der Waals surface area contributed by atoms with Gasteiger partial charge in [0.05, 0.1) is 0 Å². The van der Waals surface area contributed by atoms with Crippen molar-refractivity contribution in [3.8, 4) is 0 Å². The third-order valence-corrected chi connectivity index (χ3v) is 2.98. The predicted molar refractivity (Wildman–Crippen MR) is 72.2 cm³/mol. The number of esters is 1. The SMILES string of the molecule is NC(=O)[C@H](OC(=O)c1cc(Br)c[nH]1)c1ccc(F)cc1. The van der Waals surface area contributed by atoms with Crippen LogP contribution < -0.4 is 5.73 Å². The molecule has 0 saturated carbocycles. The molecule has 104 valence electrons. The number of hydrogen-bond donors (Lipinski definition) is 2. The molecule has 0 unspecified atom stereocenters. The maximum atomic E-state index is 12.8. The van der Waals surface area contributed by atoms with Crippen molar-refractivity contribution in [2.24, 2.45) is 5.73 Å². The Morgan fingerprint density at radius 1 is 1.30 bits per heavy atom. The number of benzene rings is 1. The molecule has 7 heteroatoms. The lowest BCUT2D eigenvalue weighted by Crippen LogP contribution is -2.26. The Hall–Kier alpha value is -2.15. The zero-order valence-electron chi connectivity index (χ0n) is 10.1. The van der Waals surface area contributed by atoms with Gasteiger partial charge in [-0.1, -0.05) is 12.1 Å². The van der Waals surface area contributed by atoms with E-state index in [-0.39, 0.29) is 5.69 Å². The fraction of sp³-hybridized carbons (Fsp3) is 0.0769. The quantitative estimate of drug-likeness (QED) is 0.837. The summed E-state index contributed by atoms with van der Waals surface area (Å²) in [6, 6.07) is 6.49. The Balaban J connectivity index is 2.20. The number of carbonyl (C=O) groups excluding carboxylic acids is 2. The van der Waals surface area contributed by atoms with E-state index in [4.69, 9.17) is 10.5 Å². The highest BCUT2D eigenvalue weighted by Crippen LogP contribution is 2.20. The zero-order valence-corrected chi connectivity index (χ0v) is 11.7. The lowest BCUT2D eigenvalue weighted by molar-refractivity contribution is -0.127. The summed E-state index contributed by atoms with van der Waals surface area (Å²) in [4.78, 5) is 25.9. The number of halogens is 2. The Kier molecular flexibility index (Phi) is 4.19. The van der Waals surface area contributed by atoms with E-state index < -0.39 is 23.8 Å². The molecule has 1 atom stereocenters. The van der Waals surface area contributed by atoms with Gasteiger partial charge in [-0.3, -0.25) is 4.79 Å². The standard InChI is InChI=1S/C13H10BrFN2O3/c14-8-5-10(17-6-8)13(19)20-11(12(16)18)7-1-3-9(15)4-2-7/h1-6,11,17H,(H2,16,18)/t11-/m1/s1. The lowest BCUT2D eigenvalue weighted by Gasteiger charge is -2.14. The number of aromatic amines is 1. The third-order valence-electron chi connectivity index (χ3n) is 2.52. The largest absolute Gasteiger partial charge is 0.443 e. The molecule has 0 spiro atoms. The first-order chi connectivity index (χ1) is 9.47. The summed E-state index contributed by atoms with van der Waals surface area (Å²) in [5.74, 6) is -2.03. The molecule has 0 aliphatic heterocycles. The number of ether oxygens (including phenoxy) is 1. The number of amides is 1. The number of nitrogens with two attached hydrogens (primary N) is 1. The van der Waals surface area contributed by atoms with Gasteiger partial charge in [0.2, 0.25) is 6.10 Å². The molecule has 0 aliphatic rings. The first-order valence-electron chi connectivity index (χ1n) is 5.57. The second kappa shape index (κ2) is 5.87. The first-order valence-corrected chi connectivity index (χ1v) is 6.36. The van der Waals surface area contributed by atoms with E-state index in [1.54, 1.807) is 6.20 Å². The molecular formula is C13H10BrFN2O3. The molecule has 1 aromatic carbocycles. The molecule has 0 aliphatic carbocycles. The molecule has 20 heavy (non-hydrogen) atoms. The van der Waals surface area contributed by atoms with E-state index in [1.165, 1.54) is 18.2 Å². The van der Waals surface area contributed by atoms with Crippen LogP contribution in [0.25, 0.3) is 0 Å². The molecule has 5 nitrogen and oxygen atoms in total. The van der Waals surface area contributed by atoms with Crippen LogP contribution >= 0.6 is 15.9 Å². The van der Waals surface area contributed by atoms with E-state index in [2.05, 4.69) is 20.9 Å². The summed E-state index contributed by atoms with van der Waals surface area (Å²) in [6.45, 7) is 0. The Labute approximate surface area is 122 Å². The highest BCUT2D eigenvalue weighted by atomic mass is 79.9. The van der Waals surface area contributed by atoms with Gasteiger partial charge in [0.25, 0.3) is 5.91 Å². The normalized spacial score (nSPS) is 11.9. The van der Waals surface area contributed by atoms with Crippen LogP contribution in [0.1, 0.15) is 22.2 Å². The van der Waals surface area contributed by atoms with Gasteiger partial charge in [-0.15, -0.1) is 0 Å². The second-order valence-corrected chi connectivity index (χ2v) is 4.89. The van der Waals surface area contributed by atoms with Crippen molar-refractivity contribution in [1.82, 2.24) is 4.98 Å². The smallest absolute Gasteiger partial charge is 0.355 e. The van der Waals surface area contributed by atoms with Gasteiger partial charge in [-0.25, -0.2) is 9.18 Å². The number of primary amides is 1. The summed E-state index contributed by atoms with van der Waals surface area (Å²) in [5, 5.41) is 0. The number of aromatic nitrogens is 1. The fourth-order valence-corrected chi connectivity index (χ4v) is 1.93. The van der Waals surface area contributed by atoms with Crippen molar-refractivity contribution in [2.75, 3.05) is 0 Å². The molecule has 3 N–H and O–H groups in total. The number of rotatable bonds is 4. The van der Waals surface area contributed by atoms with Crippen LogP contribution in [-0.4, -0.2) is 16.9 Å². The first kappa shape index (κ1) is 14.3. The van der Waals surface area contributed by atoms with Crippen LogP contribution in [0.4, 0.5) is 4.39 Å². The summed E-state index contributed by atoms with van der Waals surface area (Å²) in [6.07, 6.45) is 0.276. The Morgan fingerprint density at radius 3 is 2.45 bits per heavy atom. The van der Waals surface area contributed by atoms with Crippen LogP contribution in [0, 0.1) is 5.82 Å². The van der Waals surface area contributed by atoms with E-state index in [9.17, 15) is 14.0 Å². The van der Waals surface area contributed by atoms with Gasteiger partial charge in [0.15, 0.2) is 0 Å². The van der Waals surface area contributed by atoms with Crippen LogP contribution in [0.5, 0.6) is 0 Å². The number of hydrogen-bond acceptors (Lipinski definition) is 3. The summed E-state index contributed by atoms with van der Waals surface area (Å²) in [5.41, 5.74) is 5.68. The van der Waals surface area contributed by atoms with E-state index in [0.717, 1.165) is 12.1 Å². The Bertz CT molecular complexity index is 639. The highest BCUT2D eigenvalue weighted by Gasteiger charge is 2.24. The molecule has 0 saturated heterocycles. The maximum Gasteiger partial charge on any atom is 0.355 e. The molecular weight excluding hydrogens is 331 g/mol. The number of nitrogens with one attached hydrogen (secondary N) is 1. The molecule has 1 amide bonds. The molecule has 1 heterocycles. The lowest BCUT2D eigenvalue weighted by atomic mass is 10.1. The average molecular weight is 341 g/mol. The zero-order chi connectivity index (χ0) is 14.7. The van der Waals surface area contributed by atoms with Crippen LogP contribution in [0.2, 0.25) is 0 Å². The Morgan fingerprint density at radius 2 is 1.95 bits per heavy atom. The maximum absolute atomic E-state index is 12.8. The number of carbonyl (C=O) groups is 2.